The van der Waals surface area contributed by atoms with Gasteiger partial charge in [-0.15, -0.1) is 0 Å². The Labute approximate surface area is 67.8 Å². The second-order valence-electron chi connectivity index (χ2n) is 1.89. The van der Waals surface area contributed by atoms with Crippen LogP contribution in [0.15, 0.2) is 17.4 Å². The molecule has 0 aliphatic rings. The van der Waals surface area contributed by atoms with Gasteiger partial charge in [0, 0.05) is 6.20 Å². The van der Waals surface area contributed by atoms with Crippen molar-refractivity contribution in [2.24, 2.45) is 5.16 Å². The molecule has 0 unspecified atom stereocenters. The molecule has 0 amide bonds. The first kappa shape index (κ1) is 8.25. The zero-order valence-corrected chi connectivity index (χ0v) is 6.31. The van der Waals surface area contributed by atoms with Crippen LogP contribution in [-0.4, -0.2) is 34.1 Å². The molecule has 0 bridgehead atoms. The molecule has 0 aromatic carbocycles. The molecule has 64 valence electrons. The van der Waals surface area contributed by atoms with Crippen LogP contribution in [0.5, 0.6) is 0 Å². The fourth-order valence-electron chi connectivity index (χ4n) is 0.679. The molecule has 2 N–H and O–H groups in total. The van der Waals surface area contributed by atoms with Gasteiger partial charge < -0.3 is 9.94 Å². The van der Waals surface area contributed by atoms with E-state index < -0.39 is 5.97 Å². The van der Waals surface area contributed by atoms with Crippen molar-refractivity contribution in [2.75, 3.05) is 7.11 Å². The van der Waals surface area contributed by atoms with Crippen molar-refractivity contribution in [1.82, 2.24) is 10.2 Å². The lowest BCUT2D eigenvalue weighted by atomic mass is 10.3. The Morgan fingerprint density at radius 2 is 2.58 bits per heavy atom. The average Bonchev–Trinajstić information content (AvgIpc) is 2.51. The van der Waals surface area contributed by atoms with Gasteiger partial charge >= 0.3 is 5.97 Å². The zero-order chi connectivity index (χ0) is 8.97. The summed E-state index contributed by atoms with van der Waals surface area (Å²) in [5.41, 5.74) is 0.0168. The Kier molecular flexibility index (Phi) is 2.42. The van der Waals surface area contributed by atoms with Crippen LogP contribution >= 0.6 is 0 Å². The monoisotopic (exact) mass is 169 g/mol. The van der Waals surface area contributed by atoms with Crippen molar-refractivity contribution in [2.45, 2.75) is 0 Å². The Balaban J connectivity index is 2.96. The van der Waals surface area contributed by atoms with E-state index in [1.165, 1.54) is 19.4 Å². The van der Waals surface area contributed by atoms with E-state index in [2.05, 4.69) is 20.2 Å². The molecular formula is C6H7N3O3. The topological polar surface area (TPSA) is 87.6 Å². The van der Waals surface area contributed by atoms with Gasteiger partial charge in [0.2, 0.25) is 5.71 Å². The number of aromatic nitrogens is 2. The second kappa shape index (κ2) is 3.51. The summed E-state index contributed by atoms with van der Waals surface area (Å²) in [6.07, 6.45) is 1.50. The molecule has 0 atom stereocenters. The predicted octanol–water partition coefficient (Wildman–Crippen LogP) is -0.155. The maximum Gasteiger partial charge on any atom is 0.360 e. The molecule has 1 aromatic rings. The summed E-state index contributed by atoms with van der Waals surface area (Å²) in [4.78, 5) is 14.9. The van der Waals surface area contributed by atoms with Crippen LogP contribution in [-0.2, 0) is 9.63 Å². The highest BCUT2D eigenvalue weighted by Gasteiger charge is 2.14. The van der Waals surface area contributed by atoms with E-state index in [1.807, 2.05) is 0 Å². The van der Waals surface area contributed by atoms with Crippen molar-refractivity contribution in [3.8, 4) is 0 Å². The lowest BCUT2D eigenvalue weighted by molar-refractivity contribution is -0.129. The number of carbonyl (C=O) groups is 1. The number of hydrogen-bond donors (Lipinski definition) is 2. The lowest BCUT2D eigenvalue weighted by Gasteiger charge is -1.93. The predicted molar refractivity (Wildman–Crippen MR) is 39.8 cm³/mol. The van der Waals surface area contributed by atoms with Gasteiger partial charge in [0.15, 0.2) is 0 Å². The third-order valence-electron chi connectivity index (χ3n) is 1.13. The molecular weight excluding hydrogens is 162 g/mol. The summed E-state index contributed by atoms with van der Waals surface area (Å²) in [5.74, 6) is -1.18. The van der Waals surface area contributed by atoms with Crippen LogP contribution in [0.2, 0.25) is 0 Å². The van der Waals surface area contributed by atoms with Crippen LogP contribution in [0.1, 0.15) is 5.69 Å². The molecule has 0 aliphatic heterocycles. The molecule has 1 heterocycles. The van der Waals surface area contributed by atoms with E-state index >= 15 is 0 Å². The third kappa shape index (κ3) is 1.60. The first-order valence-electron chi connectivity index (χ1n) is 3.10. The van der Waals surface area contributed by atoms with Gasteiger partial charge in [-0.3, -0.25) is 5.10 Å². The number of nitrogens with one attached hydrogen (secondary N) is 1. The van der Waals surface area contributed by atoms with Crippen LogP contribution < -0.4 is 0 Å². The van der Waals surface area contributed by atoms with Crippen LogP contribution in [0.4, 0.5) is 0 Å². The van der Waals surface area contributed by atoms with E-state index in [-0.39, 0.29) is 11.4 Å². The molecule has 0 spiro atoms. The average molecular weight is 169 g/mol. The number of carboxylic acid groups (broad SMARTS) is 1. The van der Waals surface area contributed by atoms with E-state index in [9.17, 15) is 4.79 Å². The van der Waals surface area contributed by atoms with Gasteiger partial charge in [0.25, 0.3) is 0 Å². The largest absolute Gasteiger partial charge is 0.476 e. The summed E-state index contributed by atoms with van der Waals surface area (Å²) < 4.78 is 0. The Bertz CT molecular complexity index is 291. The number of rotatable bonds is 3. The van der Waals surface area contributed by atoms with Crippen LogP contribution in [0, 0.1) is 0 Å². The summed E-state index contributed by atoms with van der Waals surface area (Å²) in [6, 6.07) is 1.49. The minimum atomic E-state index is -1.18. The van der Waals surface area contributed by atoms with Gasteiger partial charge in [0.05, 0.1) is 0 Å². The Morgan fingerprint density at radius 1 is 1.83 bits per heavy atom. The van der Waals surface area contributed by atoms with Crippen molar-refractivity contribution in [3.63, 3.8) is 0 Å². The summed E-state index contributed by atoms with van der Waals surface area (Å²) >= 11 is 0. The highest BCUT2D eigenvalue weighted by molar-refractivity contribution is 6.41. The first-order chi connectivity index (χ1) is 5.75. The Morgan fingerprint density at radius 3 is 3.00 bits per heavy atom. The maximum absolute atomic E-state index is 10.5. The molecule has 6 heteroatoms. The number of aliphatic carboxylic acids is 1. The fraction of sp³-hybridized carbons (Fsp3) is 0.167. The fourth-order valence-corrected chi connectivity index (χ4v) is 0.679. The van der Waals surface area contributed by atoms with Crippen molar-refractivity contribution in [1.29, 1.82) is 0 Å². The molecule has 0 saturated heterocycles. The molecule has 0 fully saturated rings. The van der Waals surface area contributed by atoms with Gasteiger partial charge in [0.1, 0.15) is 12.8 Å². The lowest BCUT2D eigenvalue weighted by Crippen LogP contribution is -2.15. The number of aromatic amines is 1. The molecule has 0 saturated carbocycles. The third-order valence-corrected chi connectivity index (χ3v) is 1.13. The van der Waals surface area contributed by atoms with Crippen LogP contribution in [0.25, 0.3) is 0 Å². The molecule has 0 aliphatic carbocycles. The SMILES string of the molecule is CON=C(C(=O)O)c1cc[nH]n1. The van der Waals surface area contributed by atoms with E-state index in [0.29, 0.717) is 0 Å². The standard InChI is InChI=1S/C6H7N3O3/c1-12-9-5(6(10)11)4-2-3-7-8-4/h2-3H,1H3,(H,7,8)(H,10,11). The van der Waals surface area contributed by atoms with Gasteiger partial charge in [-0.1, -0.05) is 5.16 Å². The summed E-state index contributed by atoms with van der Waals surface area (Å²) in [6.45, 7) is 0. The zero-order valence-electron chi connectivity index (χ0n) is 6.31. The van der Waals surface area contributed by atoms with E-state index in [0.717, 1.165) is 0 Å². The van der Waals surface area contributed by atoms with Gasteiger partial charge in [-0.05, 0) is 6.07 Å². The van der Waals surface area contributed by atoms with Crippen molar-refractivity contribution >= 4 is 11.7 Å². The molecule has 6 nitrogen and oxygen atoms in total. The minimum absolute atomic E-state index is 0.223. The molecule has 12 heavy (non-hydrogen) atoms. The first-order valence-corrected chi connectivity index (χ1v) is 3.10. The number of oxime groups is 1. The van der Waals surface area contributed by atoms with E-state index in [4.69, 9.17) is 5.11 Å². The number of H-pyrrole nitrogens is 1. The molecule has 1 rings (SSSR count). The summed E-state index contributed by atoms with van der Waals surface area (Å²) in [7, 11) is 1.27. The Hall–Kier alpha value is -1.85. The highest BCUT2D eigenvalue weighted by Crippen LogP contribution is 1.96. The van der Waals surface area contributed by atoms with Gasteiger partial charge in [-0.2, -0.15) is 5.10 Å². The quantitative estimate of drug-likeness (QED) is 0.486. The second-order valence-corrected chi connectivity index (χ2v) is 1.89. The van der Waals surface area contributed by atoms with Gasteiger partial charge in [-0.25, -0.2) is 4.79 Å². The minimum Gasteiger partial charge on any atom is -0.476 e. The molecule has 1 aromatic heterocycles. The highest BCUT2D eigenvalue weighted by atomic mass is 16.6. The number of nitrogens with zero attached hydrogens (tertiary/aromatic N) is 2. The number of carboxylic acids is 1. The molecule has 0 radical (unpaired) electrons. The normalized spacial score (nSPS) is 11.2. The van der Waals surface area contributed by atoms with Crippen molar-refractivity contribution < 1.29 is 14.7 Å². The van der Waals surface area contributed by atoms with E-state index in [1.54, 1.807) is 0 Å². The summed E-state index contributed by atoms with van der Waals surface area (Å²) in [5, 5.41) is 18.0. The smallest absolute Gasteiger partial charge is 0.360 e. The van der Waals surface area contributed by atoms with Crippen molar-refractivity contribution in [3.05, 3.63) is 18.0 Å². The van der Waals surface area contributed by atoms with Crippen LogP contribution in [0.3, 0.4) is 0 Å². The maximum atomic E-state index is 10.5. The number of hydrogen-bond acceptors (Lipinski definition) is 4.